The van der Waals surface area contributed by atoms with Gasteiger partial charge in [-0.05, 0) is 13.0 Å². The Morgan fingerprint density at radius 1 is 1.50 bits per heavy atom. The fraction of sp³-hybridized carbons (Fsp3) is 0.333. The Kier molecular flexibility index (Phi) is 4.43. The van der Waals surface area contributed by atoms with Gasteiger partial charge in [0.2, 0.25) is 10.0 Å². The molecule has 1 rings (SSSR count). The van der Waals surface area contributed by atoms with Gasteiger partial charge < -0.3 is 9.84 Å². The molecule has 0 amide bonds. The minimum Gasteiger partial charge on any atom is -0.480 e. The van der Waals surface area contributed by atoms with Gasteiger partial charge in [-0.2, -0.15) is 4.72 Å². The number of hydrogen-bond donors (Lipinski definition) is 2. The van der Waals surface area contributed by atoms with Gasteiger partial charge >= 0.3 is 11.9 Å². The first kappa shape index (κ1) is 14.6. The summed E-state index contributed by atoms with van der Waals surface area (Å²) in [4.78, 5) is 21.7. The molecular weight excluding hydrogens is 282 g/mol. The standard InChI is InChI=1S/C9H11NO6S2/c1-5(8(11)12)10-18(14,15)6-3-7(17-4-6)9(13)16-2/h3-5,10H,1-2H3,(H,11,12)/t5-/m1/s1. The molecule has 0 fully saturated rings. The van der Waals surface area contributed by atoms with Gasteiger partial charge in [0.05, 0.1) is 12.0 Å². The van der Waals surface area contributed by atoms with E-state index in [0.717, 1.165) is 17.4 Å². The molecule has 0 saturated carbocycles. The number of methoxy groups -OCH3 is 1. The summed E-state index contributed by atoms with van der Waals surface area (Å²) in [6.07, 6.45) is 0. The maximum Gasteiger partial charge on any atom is 0.348 e. The molecule has 0 aliphatic carbocycles. The summed E-state index contributed by atoms with van der Waals surface area (Å²) in [5, 5.41) is 9.86. The molecule has 7 nitrogen and oxygen atoms in total. The molecule has 0 aliphatic rings. The number of ether oxygens (including phenoxy) is 1. The van der Waals surface area contributed by atoms with E-state index in [2.05, 4.69) is 4.74 Å². The van der Waals surface area contributed by atoms with Crippen LogP contribution in [0.5, 0.6) is 0 Å². The molecule has 1 atom stereocenters. The predicted molar refractivity (Wildman–Crippen MR) is 63.1 cm³/mol. The number of carboxylic acid groups (broad SMARTS) is 1. The summed E-state index contributed by atoms with van der Waals surface area (Å²) in [5.74, 6) is -1.94. The second-order valence-corrected chi connectivity index (χ2v) is 5.94. The third-order valence-electron chi connectivity index (χ3n) is 1.97. The monoisotopic (exact) mass is 293 g/mol. The first-order valence-electron chi connectivity index (χ1n) is 4.70. The Morgan fingerprint density at radius 2 is 2.11 bits per heavy atom. The van der Waals surface area contributed by atoms with Crippen molar-refractivity contribution in [2.75, 3.05) is 7.11 Å². The molecule has 0 aromatic carbocycles. The number of thiophene rings is 1. The highest BCUT2D eigenvalue weighted by molar-refractivity contribution is 7.89. The van der Waals surface area contributed by atoms with Crippen molar-refractivity contribution < 1.29 is 27.9 Å². The van der Waals surface area contributed by atoms with Crippen molar-refractivity contribution in [3.8, 4) is 0 Å². The van der Waals surface area contributed by atoms with Crippen LogP contribution in [0.15, 0.2) is 16.3 Å². The number of carboxylic acids is 1. The summed E-state index contributed by atoms with van der Waals surface area (Å²) in [5.41, 5.74) is 0. The highest BCUT2D eigenvalue weighted by Gasteiger charge is 2.23. The Labute approximate surface area is 107 Å². The number of carbonyl (C=O) groups excluding carboxylic acids is 1. The predicted octanol–water partition coefficient (Wildman–Crippen LogP) is 0.286. The summed E-state index contributed by atoms with van der Waals surface area (Å²) in [6, 6.07) is -0.121. The highest BCUT2D eigenvalue weighted by atomic mass is 32.2. The van der Waals surface area contributed by atoms with E-state index in [1.165, 1.54) is 19.4 Å². The van der Waals surface area contributed by atoms with Crippen LogP contribution in [0.1, 0.15) is 16.6 Å². The van der Waals surface area contributed by atoms with Gasteiger partial charge in [0, 0.05) is 5.38 Å². The van der Waals surface area contributed by atoms with Crippen LogP contribution in [-0.4, -0.2) is 38.6 Å². The smallest absolute Gasteiger partial charge is 0.348 e. The number of nitrogens with one attached hydrogen (secondary N) is 1. The minimum absolute atomic E-state index is 0.126. The fourth-order valence-corrected chi connectivity index (χ4v) is 3.41. The quantitative estimate of drug-likeness (QED) is 0.755. The zero-order valence-corrected chi connectivity index (χ0v) is 11.2. The lowest BCUT2D eigenvalue weighted by Gasteiger charge is -2.08. The number of aliphatic carboxylic acids is 1. The van der Waals surface area contributed by atoms with E-state index in [-0.39, 0.29) is 9.77 Å². The van der Waals surface area contributed by atoms with E-state index >= 15 is 0 Å². The molecule has 1 aromatic heterocycles. The lowest BCUT2D eigenvalue weighted by molar-refractivity contribution is -0.138. The van der Waals surface area contributed by atoms with Crippen LogP contribution in [0.25, 0.3) is 0 Å². The number of sulfonamides is 1. The topological polar surface area (TPSA) is 110 Å². The SMILES string of the molecule is COC(=O)c1cc(S(=O)(=O)N[C@H](C)C(=O)O)cs1. The Bertz CT molecular complexity index is 561. The van der Waals surface area contributed by atoms with Gasteiger partial charge in [-0.15, -0.1) is 11.3 Å². The van der Waals surface area contributed by atoms with Crippen LogP contribution in [-0.2, 0) is 19.6 Å². The van der Waals surface area contributed by atoms with Crippen LogP contribution in [0.4, 0.5) is 0 Å². The summed E-state index contributed by atoms with van der Waals surface area (Å²) < 4.78 is 29.9. The molecule has 2 N–H and O–H groups in total. The molecule has 0 aliphatic heterocycles. The summed E-state index contributed by atoms with van der Waals surface area (Å²) >= 11 is 0.903. The van der Waals surface area contributed by atoms with E-state index in [1.807, 2.05) is 4.72 Å². The van der Waals surface area contributed by atoms with E-state index in [0.29, 0.717) is 0 Å². The molecule has 0 unspecified atom stereocenters. The first-order valence-corrected chi connectivity index (χ1v) is 7.06. The summed E-state index contributed by atoms with van der Waals surface area (Å²) in [6.45, 7) is 1.20. The zero-order chi connectivity index (χ0) is 13.9. The van der Waals surface area contributed by atoms with Crippen molar-refractivity contribution in [2.24, 2.45) is 0 Å². The molecule has 0 radical (unpaired) electrons. The molecule has 0 bridgehead atoms. The van der Waals surface area contributed by atoms with Gasteiger partial charge in [0.15, 0.2) is 0 Å². The van der Waals surface area contributed by atoms with Crippen molar-refractivity contribution >= 4 is 33.3 Å². The molecule has 100 valence electrons. The fourth-order valence-electron chi connectivity index (χ4n) is 1.02. The second-order valence-electron chi connectivity index (χ2n) is 3.32. The molecule has 1 heterocycles. The third kappa shape index (κ3) is 3.28. The van der Waals surface area contributed by atoms with Gasteiger partial charge in [0.1, 0.15) is 10.9 Å². The van der Waals surface area contributed by atoms with E-state index in [4.69, 9.17) is 5.11 Å². The summed E-state index contributed by atoms with van der Waals surface area (Å²) in [7, 11) is -2.77. The maximum absolute atomic E-state index is 11.8. The molecule has 18 heavy (non-hydrogen) atoms. The average Bonchev–Trinajstić information content (AvgIpc) is 2.77. The van der Waals surface area contributed by atoms with Crippen molar-refractivity contribution in [1.29, 1.82) is 0 Å². The van der Waals surface area contributed by atoms with Crippen LogP contribution in [0.3, 0.4) is 0 Å². The third-order valence-corrected chi connectivity index (χ3v) is 4.55. The Morgan fingerprint density at radius 3 is 2.61 bits per heavy atom. The molecule has 9 heteroatoms. The van der Waals surface area contributed by atoms with Crippen LogP contribution in [0.2, 0.25) is 0 Å². The number of hydrogen-bond acceptors (Lipinski definition) is 6. The van der Waals surface area contributed by atoms with Crippen molar-refractivity contribution in [2.45, 2.75) is 17.9 Å². The number of carbonyl (C=O) groups is 2. The Balaban J connectivity index is 2.96. The highest BCUT2D eigenvalue weighted by Crippen LogP contribution is 2.20. The Hall–Kier alpha value is -1.45. The maximum atomic E-state index is 11.8. The van der Waals surface area contributed by atoms with Crippen molar-refractivity contribution in [3.05, 3.63) is 16.3 Å². The van der Waals surface area contributed by atoms with Crippen LogP contribution < -0.4 is 4.72 Å². The van der Waals surface area contributed by atoms with E-state index in [9.17, 15) is 18.0 Å². The lowest BCUT2D eigenvalue weighted by Crippen LogP contribution is -2.38. The zero-order valence-electron chi connectivity index (χ0n) is 9.54. The first-order chi connectivity index (χ1) is 8.27. The average molecular weight is 293 g/mol. The van der Waals surface area contributed by atoms with E-state index < -0.39 is 28.0 Å². The van der Waals surface area contributed by atoms with Gasteiger partial charge in [0.25, 0.3) is 0 Å². The van der Waals surface area contributed by atoms with E-state index in [1.54, 1.807) is 0 Å². The van der Waals surface area contributed by atoms with Crippen molar-refractivity contribution in [3.63, 3.8) is 0 Å². The molecule has 0 spiro atoms. The van der Waals surface area contributed by atoms with Gasteiger partial charge in [-0.1, -0.05) is 0 Å². The van der Waals surface area contributed by atoms with Crippen molar-refractivity contribution in [1.82, 2.24) is 4.72 Å². The number of rotatable bonds is 5. The number of esters is 1. The lowest BCUT2D eigenvalue weighted by atomic mass is 10.4. The molecule has 1 aromatic rings. The second kappa shape index (κ2) is 5.46. The molecule has 0 saturated heterocycles. The van der Waals surface area contributed by atoms with Crippen LogP contribution >= 0.6 is 11.3 Å². The van der Waals surface area contributed by atoms with Crippen LogP contribution in [0, 0.1) is 0 Å². The molecular formula is C9H11NO6S2. The normalized spacial score (nSPS) is 13.0. The van der Waals surface area contributed by atoms with Gasteiger partial charge in [-0.25, -0.2) is 13.2 Å². The largest absolute Gasteiger partial charge is 0.480 e. The minimum atomic E-state index is -3.95. The van der Waals surface area contributed by atoms with Gasteiger partial charge in [-0.3, -0.25) is 4.79 Å².